The van der Waals surface area contributed by atoms with E-state index in [1.165, 1.54) is 18.5 Å². The second-order valence-electron chi connectivity index (χ2n) is 4.75. The number of carbonyl (C=O) groups is 2. The summed E-state index contributed by atoms with van der Waals surface area (Å²) < 4.78 is 0. The maximum absolute atomic E-state index is 11.3. The molecule has 110 valence electrons. The zero-order valence-corrected chi connectivity index (χ0v) is 12.3. The first-order valence-corrected chi connectivity index (χ1v) is 6.56. The van der Waals surface area contributed by atoms with Crippen molar-refractivity contribution < 1.29 is 19.8 Å². The van der Waals surface area contributed by atoms with Crippen molar-refractivity contribution in [2.45, 2.75) is 13.3 Å². The largest absolute Gasteiger partial charge is 0.480 e. The molecule has 0 aliphatic rings. The molecule has 2 aromatic rings. The third-order valence-corrected chi connectivity index (χ3v) is 3.77. The molecule has 0 unspecified atom stereocenters. The van der Waals surface area contributed by atoms with E-state index in [0.717, 1.165) is 6.92 Å². The summed E-state index contributed by atoms with van der Waals surface area (Å²) in [5.41, 5.74) is -1.55. The van der Waals surface area contributed by atoms with Crippen molar-refractivity contribution in [1.29, 1.82) is 0 Å². The van der Waals surface area contributed by atoms with Crippen LogP contribution in [0.3, 0.4) is 0 Å². The summed E-state index contributed by atoms with van der Waals surface area (Å²) in [7, 11) is 0. The van der Waals surface area contributed by atoms with Crippen LogP contribution in [-0.4, -0.2) is 32.1 Å². The average Bonchev–Trinajstić information content (AvgIpc) is 2.41. The van der Waals surface area contributed by atoms with Gasteiger partial charge < -0.3 is 10.2 Å². The summed E-state index contributed by atoms with van der Waals surface area (Å²) in [5.74, 6) is -2.86. The Kier molecular flexibility index (Phi) is 4.02. The van der Waals surface area contributed by atoms with Gasteiger partial charge in [0.1, 0.15) is 10.3 Å². The SMILES string of the molecule is CC(Cc1cnc(Cl)c2cnc(Cl)cc12)(C(=O)O)C(=O)O. The second-order valence-corrected chi connectivity index (χ2v) is 5.49. The highest BCUT2D eigenvalue weighted by Crippen LogP contribution is 2.31. The molecule has 21 heavy (non-hydrogen) atoms. The van der Waals surface area contributed by atoms with E-state index in [1.54, 1.807) is 0 Å². The number of hydrogen-bond acceptors (Lipinski definition) is 4. The maximum atomic E-state index is 11.3. The van der Waals surface area contributed by atoms with E-state index in [4.69, 9.17) is 23.2 Å². The molecule has 0 radical (unpaired) electrons. The lowest BCUT2D eigenvalue weighted by Gasteiger charge is -2.20. The van der Waals surface area contributed by atoms with Gasteiger partial charge in [0.05, 0.1) is 0 Å². The summed E-state index contributed by atoms with van der Waals surface area (Å²) in [6.45, 7) is 1.14. The van der Waals surface area contributed by atoms with Crippen molar-refractivity contribution in [1.82, 2.24) is 9.97 Å². The average molecular weight is 329 g/mol. The molecule has 2 heterocycles. The van der Waals surface area contributed by atoms with E-state index in [1.807, 2.05) is 0 Å². The van der Waals surface area contributed by atoms with Gasteiger partial charge in [0, 0.05) is 24.2 Å². The van der Waals surface area contributed by atoms with E-state index in [9.17, 15) is 19.8 Å². The van der Waals surface area contributed by atoms with Crippen LogP contribution in [0.2, 0.25) is 10.3 Å². The van der Waals surface area contributed by atoms with E-state index < -0.39 is 17.4 Å². The Morgan fingerprint density at radius 1 is 1.14 bits per heavy atom. The molecule has 0 aromatic carbocycles. The molecule has 2 rings (SSSR count). The van der Waals surface area contributed by atoms with Crippen molar-refractivity contribution in [2.24, 2.45) is 5.41 Å². The molecule has 6 nitrogen and oxygen atoms in total. The zero-order valence-electron chi connectivity index (χ0n) is 10.8. The first-order valence-electron chi connectivity index (χ1n) is 5.81. The van der Waals surface area contributed by atoms with Crippen LogP contribution in [-0.2, 0) is 16.0 Å². The lowest BCUT2D eigenvalue weighted by molar-refractivity contribution is -0.163. The summed E-state index contributed by atoms with van der Waals surface area (Å²) in [6.07, 6.45) is 2.51. The molecule has 0 saturated heterocycles. The number of rotatable bonds is 4. The molecule has 0 fully saturated rings. The first kappa shape index (κ1) is 15.5. The Morgan fingerprint density at radius 3 is 2.33 bits per heavy atom. The monoisotopic (exact) mass is 328 g/mol. The van der Waals surface area contributed by atoms with Crippen molar-refractivity contribution in [3.05, 3.63) is 34.3 Å². The summed E-state index contributed by atoms with van der Waals surface area (Å²) in [4.78, 5) is 30.4. The quantitative estimate of drug-likeness (QED) is 0.661. The van der Waals surface area contributed by atoms with Gasteiger partial charge in [-0.05, 0) is 23.9 Å². The van der Waals surface area contributed by atoms with Crippen LogP contribution >= 0.6 is 23.2 Å². The topological polar surface area (TPSA) is 100 Å². The Balaban J connectivity index is 2.62. The molecule has 0 atom stereocenters. The molecular weight excluding hydrogens is 319 g/mol. The van der Waals surface area contributed by atoms with Gasteiger partial charge in [-0.15, -0.1) is 0 Å². The predicted molar refractivity (Wildman–Crippen MR) is 76.6 cm³/mol. The van der Waals surface area contributed by atoms with Crippen LogP contribution in [0.15, 0.2) is 18.5 Å². The summed E-state index contributed by atoms with van der Waals surface area (Å²) >= 11 is 11.8. The van der Waals surface area contributed by atoms with Crippen molar-refractivity contribution in [3.63, 3.8) is 0 Å². The van der Waals surface area contributed by atoms with E-state index in [0.29, 0.717) is 16.3 Å². The highest BCUT2D eigenvalue weighted by molar-refractivity contribution is 6.35. The van der Waals surface area contributed by atoms with E-state index in [-0.39, 0.29) is 16.7 Å². The Bertz CT molecular complexity index is 734. The van der Waals surface area contributed by atoms with Crippen molar-refractivity contribution >= 4 is 45.9 Å². The molecule has 2 aromatic heterocycles. The van der Waals surface area contributed by atoms with E-state index >= 15 is 0 Å². The van der Waals surface area contributed by atoms with Crippen LogP contribution in [0.4, 0.5) is 0 Å². The first-order chi connectivity index (χ1) is 9.75. The third kappa shape index (κ3) is 2.77. The molecule has 2 N–H and O–H groups in total. The molecule has 0 amide bonds. The number of aromatic nitrogens is 2. The van der Waals surface area contributed by atoms with E-state index in [2.05, 4.69) is 9.97 Å². The third-order valence-electron chi connectivity index (χ3n) is 3.26. The zero-order chi connectivity index (χ0) is 15.8. The minimum atomic E-state index is -1.97. The fourth-order valence-electron chi connectivity index (χ4n) is 1.90. The van der Waals surface area contributed by atoms with Gasteiger partial charge in [-0.25, -0.2) is 9.97 Å². The van der Waals surface area contributed by atoms with Gasteiger partial charge in [0.25, 0.3) is 0 Å². The minimum Gasteiger partial charge on any atom is -0.480 e. The van der Waals surface area contributed by atoms with Gasteiger partial charge in [-0.3, -0.25) is 9.59 Å². The highest BCUT2D eigenvalue weighted by Gasteiger charge is 2.42. The second kappa shape index (κ2) is 5.46. The van der Waals surface area contributed by atoms with Gasteiger partial charge in [-0.2, -0.15) is 0 Å². The fourth-order valence-corrected chi connectivity index (χ4v) is 2.26. The number of aliphatic carboxylic acids is 2. The van der Waals surface area contributed by atoms with Crippen LogP contribution in [0.1, 0.15) is 12.5 Å². The van der Waals surface area contributed by atoms with Gasteiger partial charge in [0.15, 0.2) is 5.41 Å². The van der Waals surface area contributed by atoms with Crippen LogP contribution < -0.4 is 0 Å². The number of fused-ring (bicyclic) bond motifs is 1. The number of halogens is 2. The Morgan fingerprint density at radius 2 is 1.76 bits per heavy atom. The number of hydrogen-bond donors (Lipinski definition) is 2. The maximum Gasteiger partial charge on any atom is 0.321 e. The Labute approximate surface area is 129 Å². The molecule has 0 bridgehead atoms. The smallest absolute Gasteiger partial charge is 0.321 e. The molecule has 0 saturated carbocycles. The predicted octanol–water partition coefficient (Wildman–Crippen LogP) is 2.65. The summed E-state index contributed by atoms with van der Waals surface area (Å²) in [5, 5.41) is 19.8. The van der Waals surface area contributed by atoms with Gasteiger partial charge >= 0.3 is 11.9 Å². The standard InChI is InChI=1S/C13H10Cl2N2O4/c1-13(11(18)19,12(20)21)3-6-4-17-10(15)8-5-16-9(14)2-7(6)8/h2,4-5H,3H2,1H3,(H,18,19)(H,20,21). The summed E-state index contributed by atoms with van der Waals surface area (Å²) in [6, 6.07) is 1.50. The van der Waals surface area contributed by atoms with Crippen LogP contribution in [0.5, 0.6) is 0 Å². The van der Waals surface area contributed by atoms with Gasteiger partial charge in [-0.1, -0.05) is 23.2 Å². The minimum absolute atomic E-state index is 0.185. The Hall–Kier alpha value is -1.92. The molecular formula is C13H10Cl2N2O4. The number of carboxylic acid groups (broad SMARTS) is 2. The lowest BCUT2D eigenvalue weighted by atomic mass is 9.83. The molecule has 0 aliphatic carbocycles. The van der Waals surface area contributed by atoms with Crippen LogP contribution in [0, 0.1) is 5.41 Å². The molecule has 0 spiro atoms. The fraction of sp³-hybridized carbons (Fsp3) is 0.231. The number of nitrogens with zero attached hydrogens (tertiary/aromatic N) is 2. The van der Waals surface area contributed by atoms with Crippen molar-refractivity contribution in [3.8, 4) is 0 Å². The number of carboxylic acids is 2. The molecule has 8 heteroatoms. The lowest BCUT2D eigenvalue weighted by Crippen LogP contribution is -2.38. The highest BCUT2D eigenvalue weighted by atomic mass is 35.5. The molecule has 0 aliphatic heterocycles. The van der Waals surface area contributed by atoms with Gasteiger partial charge in [0.2, 0.25) is 0 Å². The number of pyridine rings is 2. The van der Waals surface area contributed by atoms with Crippen molar-refractivity contribution in [2.75, 3.05) is 0 Å². The van der Waals surface area contributed by atoms with Crippen LogP contribution in [0.25, 0.3) is 10.8 Å². The normalized spacial score (nSPS) is 11.6.